The van der Waals surface area contributed by atoms with Crippen LogP contribution >= 0.6 is 11.3 Å². The lowest BCUT2D eigenvalue weighted by Gasteiger charge is -2.38. The predicted octanol–water partition coefficient (Wildman–Crippen LogP) is 6.63. The Labute approximate surface area is 219 Å². The Morgan fingerprint density at radius 1 is 1.03 bits per heavy atom. The van der Waals surface area contributed by atoms with Crippen LogP contribution in [0.15, 0.2) is 60.0 Å². The first kappa shape index (κ1) is 26.2. The van der Waals surface area contributed by atoms with E-state index in [1.165, 1.54) is 21.6 Å². The molecule has 2 amide bonds. The van der Waals surface area contributed by atoms with E-state index >= 15 is 0 Å². The van der Waals surface area contributed by atoms with Gasteiger partial charge in [-0.2, -0.15) is 0 Å². The fraction of sp³-hybridized carbons (Fsp3) is 0.419. The molecule has 5 heteroatoms. The van der Waals surface area contributed by atoms with E-state index in [-0.39, 0.29) is 35.9 Å². The molecule has 0 fully saturated rings. The molecule has 1 aromatic heterocycles. The van der Waals surface area contributed by atoms with E-state index in [1.807, 2.05) is 43.0 Å². The molecule has 0 aliphatic carbocycles. The predicted molar refractivity (Wildman–Crippen MR) is 149 cm³/mol. The molecule has 0 bridgehead atoms. The number of rotatable bonds is 6. The second-order valence-electron chi connectivity index (χ2n) is 11.0. The molecular weight excluding hydrogens is 464 g/mol. The zero-order valence-electron chi connectivity index (χ0n) is 22.4. The largest absolute Gasteiger partial charge is 0.330 e. The van der Waals surface area contributed by atoms with Crippen molar-refractivity contribution in [3.8, 4) is 0 Å². The summed E-state index contributed by atoms with van der Waals surface area (Å²) in [5.41, 5.74) is 5.49. The minimum atomic E-state index is -0.130. The lowest BCUT2D eigenvalue weighted by atomic mass is 9.85. The molecule has 3 aromatic rings. The lowest BCUT2D eigenvalue weighted by Crippen LogP contribution is -2.48. The normalized spacial score (nSPS) is 15.6. The standard InChI is InChI=1S/C31H38N2O2S/c1-7-22-8-10-24(11-9-22)30(35)33(21(2)3)20-28(34)32-18-16-27-26(17-19-36-27)29(32)23-12-14-25(15-13-23)31(4,5)6/h8-15,17,19,21,29H,7,16,18,20H2,1-6H3. The molecule has 4 nitrogen and oxygen atoms in total. The lowest BCUT2D eigenvalue weighted by molar-refractivity contribution is -0.134. The van der Waals surface area contributed by atoms with Crippen molar-refractivity contribution in [3.05, 3.63) is 92.7 Å². The summed E-state index contributed by atoms with van der Waals surface area (Å²) in [5, 5.41) is 2.12. The van der Waals surface area contributed by atoms with Gasteiger partial charge in [-0.15, -0.1) is 11.3 Å². The van der Waals surface area contributed by atoms with Gasteiger partial charge in [0.15, 0.2) is 0 Å². The van der Waals surface area contributed by atoms with Crippen molar-refractivity contribution in [2.45, 2.75) is 71.9 Å². The molecule has 0 spiro atoms. The van der Waals surface area contributed by atoms with Crippen LogP contribution in [0.25, 0.3) is 0 Å². The smallest absolute Gasteiger partial charge is 0.254 e. The highest BCUT2D eigenvalue weighted by molar-refractivity contribution is 7.10. The van der Waals surface area contributed by atoms with Crippen LogP contribution in [0, 0.1) is 0 Å². The van der Waals surface area contributed by atoms with Crippen molar-refractivity contribution < 1.29 is 9.59 Å². The highest BCUT2D eigenvalue weighted by Crippen LogP contribution is 2.38. The Balaban J connectivity index is 1.61. The third-order valence-corrected chi connectivity index (χ3v) is 8.17. The summed E-state index contributed by atoms with van der Waals surface area (Å²) in [6.45, 7) is 13.4. The Hall–Kier alpha value is -2.92. The Bertz CT molecular complexity index is 1200. The highest BCUT2D eigenvalue weighted by atomic mass is 32.1. The molecule has 0 N–H and O–H groups in total. The van der Waals surface area contributed by atoms with Gasteiger partial charge in [-0.25, -0.2) is 0 Å². The zero-order valence-corrected chi connectivity index (χ0v) is 23.2. The van der Waals surface area contributed by atoms with Crippen molar-refractivity contribution in [1.29, 1.82) is 0 Å². The molecule has 1 aliphatic heterocycles. The van der Waals surface area contributed by atoms with Gasteiger partial charge in [0, 0.05) is 23.0 Å². The fourth-order valence-corrected chi connectivity index (χ4v) is 5.79. The number of benzene rings is 2. The van der Waals surface area contributed by atoms with Crippen LogP contribution in [0.2, 0.25) is 0 Å². The zero-order chi connectivity index (χ0) is 26.0. The van der Waals surface area contributed by atoms with Gasteiger partial charge in [-0.05, 0) is 77.9 Å². The Kier molecular flexibility index (Phi) is 7.70. The van der Waals surface area contributed by atoms with E-state index in [4.69, 9.17) is 0 Å². The maximum atomic E-state index is 13.8. The summed E-state index contributed by atoms with van der Waals surface area (Å²) in [6, 6.07) is 18.4. The van der Waals surface area contributed by atoms with Crippen LogP contribution in [-0.4, -0.2) is 40.7 Å². The van der Waals surface area contributed by atoms with E-state index in [0.29, 0.717) is 12.1 Å². The number of fused-ring (bicyclic) bond motifs is 1. The average molecular weight is 503 g/mol. The molecule has 2 heterocycles. The number of carbonyl (C=O) groups is 2. The first-order chi connectivity index (χ1) is 17.1. The molecule has 2 aromatic carbocycles. The summed E-state index contributed by atoms with van der Waals surface area (Å²) in [7, 11) is 0. The average Bonchev–Trinajstić information content (AvgIpc) is 3.34. The van der Waals surface area contributed by atoms with Crippen molar-refractivity contribution in [2.24, 2.45) is 0 Å². The van der Waals surface area contributed by atoms with Crippen LogP contribution < -0.4 is 0 Å². The topological polar surface area (TPSA) is 40.6 Å². The van der Waals surface area contributed by atoms with Gasteiger partial charge in [0.1, 0.15) is 6.54 Å². The summed E-state index contributed by atoms with van der Waals surface area (Å²) in [5.74, 6) is -0.107. The second kappa shape index (κ2) is 10.6. The van der Waals surface area contributed by atoms with Crippen LogP contribution in [0.5, 0.6) is 0 Å². The van der Waals surface area contributed by atoms with Gasteiger partial charge in [0.2, 0.25) is 5.91 Å². The van der Waals surface area contributed by atoms with E-state index in [1.54, 1.807) is 16.2 Å². The number of nitrogens with zero attached hydrogens (tertiary/aromatic N) is 2. The highest BCUT2D eigenvalue weighted by Gasteiger charge is 2.34. The fourth-order valence-electron chi connectivity index (χ4n) is 4.88. The minimum absolute atomic E-state index is 0.0102. The molecule has 4 rings (SSSR count). The molecule has 36 heavy (non-hydrogen) atoms. The van der Waals surface area contributed by atoms with Crippen molar-refractivity contribution >= 4 is 23.2 Å². The van der Waals surface area contributed by atoms with Crippen LogP contribution in [-0.2, 0) is 23.1 Å². The molecule has 1 atom stereocenters. The summed E-state index contributed by atoms with van der Waals surface area (Å²) in [4.78, 5) is 32.2. The van der Waals surface area contributed by atoms with E-state index in [0.717, 1.165) is 18.4 Å². The van der Waals surface area contributed by atoms with Crippen LogP contribution in [0.1, 0.15) is 85.1 Å². The van der Waals surface area contributed by atoms with Gasteiger partial charge < -0.3 is 9.80 Å². The molecule has 190 valence electrons. The van der Waals surface area contributed by atoms with Gasteiger partial charge in [0.05, 0.1) is 6.04 Å². The molecule has 0 saturated carbocycles. The maximum absolute atomic E-state index is 13.8. The van der Waals surface area contributed by atoms with Crippen molar-refractivity contribution in [2.75, 3.05) is 13.1 Å². The molecule has 1 unspecified atom stereocenters. The van der Waals surface area contributed by atoms with Crippen molar-refractivity contribution in [3.63, 3.8) is 0 Å². The van der Waals surface area contributed by atoms with E-state index < -0.39 is 0 Å². The summed E-state index contributed by atoms with van der Waals surface area (Å²) < 4.78 is 0. The molecule has 0 saturated heterocycles. The van der Waals surface area contributed by atoms with Gasteiger partial charge in [-0.3, -0.25) is 9.59 Å². The second-order valence-corrected chi connectivity index (χ2v) is 12.0. The SMILES string of the molecule is CCc1ccc(C(=O)N(CC(=O)N2CCc3sccc3C2c2ccc(C(C)(C)C)cc2)C(C)C)cc1. The third-order valence-electron chi connectivity index (χ3n) is 7.18. The Morgan fingerprint density at radius 3 is 2.28 bits per heavy atom. The van der Waals surface area contributed by atoms with Crippen LogP contribution in [0.4, 0.5) is 0 Å². The summed E-state index contributed by atoms with van der Waals surface area (Å²) >= 11 is 1.77. The van der Waals surface area contributed by atoms with Crippen LogP contribution in [0.3, 0.4) is 0 Å². The number of amides is 2. The van der Waals surface area contributed by atoms with Gasteiger partial charge in [0.25, 0.3) is 5.91 Å². The maximum Gasteiger partial charge on any atom is 0.254 e. The number of carbonyl (C=O) groups excluding carboxylic acids is 2. The minimum Gasteiger partial charge on any atom is -0.330 e. The van der Waals surface area contributed by atoms with E-state index in [9.17, 15) is 9.59 Å². The third kappa shape index (κ3) is 5.41. The number of hydrogen-bond acceptors (Lipinski definition) is 3. The van der Waals surface area contributed by atoms with E-state index in [2.05, 4.69) is 63.4 Å². The van der Waals surface area contributed by atoms with Crippen molar-refractivity contribution in [1.82, 2.24) is 9.80 Å². The number of aryl methyl sites for hydroxylation is 1. The quantitative estimate of drug-likeness (QED) is 0.379. The van der Waals surface area contributed by atoms with Gasteiger partial charge in [-0.1, -0.05) is 64.1 Å². The number of thiophene rings is 1. The monoisotopic (exact) mass is 502 g/mol. The first-order valence-corrected chi connectivity index (χ1v) is 13.8. The molecule has 1 aliphatic rings. The van der Waals surface area contributed by atoms with Gasteiger partial charge >= 0.3 is 0 Å². The molecule has 0 radical (unpaired) electrons. The number of hydrogen-bond donors (Lipinski definition) is 0. The Morgan fingerprint density at radius 2 is 1.69 bits per heavy atom. The first-order valence-electron chi connectivity index (χ1n) is 13.0. The summed E-state index contributed by atoms with van der Waals surface area (Å²) in [6.07, 6.45) is 1.78. The molecular formula is C31H38N2O2S.